The predicted octanol–water partition coefficient (Wildman–Crippen LogP) is 16.8. The van der Waals surface area contributed by atoms with Gasteiger partial charge in [-0.15, -0.1) is 11.3 Å². The Kier molecular flexibility index (Phi) is 9.00. The standard InChI is InChI=1S/C63H39N5S/c1-4-16-40(17-5-1)41-28-30-44(31-29-41)62-64-61(43-20-8-3-9-21-43)65-63(66-62)45-32-34-46(35-33-45)67-55-26-14-11-23-48(55)50-36-38-52-53-39-37-51-49-24-12-15-27-56(49)68(58(51)60(53)69-59(52)57(50)67)54-25-13-10-22-47(54)42-18-6-2-7-19-42/h1-39H. The van der Waals surface area contributed by atoms with Gasteiger partial charge < -0.3 is 9.13 Å². The van der Waals surface area contributed by atoms with Gasteiger partial charge >= 0.3 is 0 Å². The molecule has 0 saturated heterocycles. The van der Waals surface area contributed by atoms with Gasteiger partial charge in [-0.05, 0) is 59.2 Å². The summed E-state index contributed by atoms with van der Waals surface area (Å²) in [5, 5.41) is 7.46. The first kappa shape index (κ1) is 39.2. The lowest BCUT2D eigenvalue weighted by atomic mass is 10.0. The molecule has 6 heteroatoms. The van der Waals surface area contributed by atoms with Gasteiger partial charge in [-0.25, -0.2) is 15.0 Å². The van der Waals surface area contributed by atoms with E-state index in [1.54, 1.807) is 0 Å². The van der Waals surface area contributed by atoms with Crippen LogP contribution in [0, 0.1) is 0 Å². The molecule has 0 N–H and O–H groups in total. The molecule has 322 valence electrons. The second-order valence-electron chi connectivity index (χ2n) is 17.5. The summed E-state index contributed by atoms with van der Waals surface area (Å²) >= 11 is 1.90. The molecule has 0 amide bonds. The van der Waals surface area contributed by atoms with Gasteiger partial charge in [-0.2, -0.15) is 0 Å². The Morgan fingerprint density at radius 3 is 1.25 bits per heavy atom. The Balaban J connectivity index is 0.949. The molecule has 0 fully saturated rings. The lowest BCUT2D eigenvalue weighted by Crippen LogP contribution is -2.00. The third-order valence-corrected chi connectivity index (χ3v) is 14.8. The van der Waals surface area contributed by atoms with E-state index in [-0.39, 0.29) is 0 Å². The number of thiophene rings is 1. The van der Waals surface area contributed by atoms with Gasteiger partial charge in [0.15, 0.2) is 17.5 Å². The summed E-state index contributed by atoms with van der Waals surface area (Å²) in [6.07, 6.45) is 0. The maximum atomic E-state index is 5.12. The van der Waals surface area contributed by atoms with Crippen molar-refractivity contribution in [2.75, 3.05) is 0 Å². The maximum Gasteiger partial charge on any atom is 0.164 e. The molecule has 0 unspecified atom stereocenters. The molecule has 10 aromatic carbocycles. The molecule has 0 aliphatic carbocycles. The van der Waals surface area contributed by atoms with Crippen LogP contribution < -0.4 is 0 Å². The Bertz CT molecular complexity index is 4270. The van der Waals surface area contributed by atoms with Crippen LogP contribution >= 0.6 is 11.3 Å². The summed E-state index contributed by atoms with van der Waals surface area (Å²) in [5.74, 6) is 1.90. The second-order valence-corrected chi connectivity index (χ2v) is 18.6. The van der Waals surface area contributed by atoms with Gasteiger partial charge in [0.05, 0.1) is 37.2 Å². The Labute approximate surface area is 401 Å². The van der Waals surface area contributed by atoms with Crippen LogP contribution in [-0.4, -0.2) is 24.1 Å². The highest BCUT2D eigenvalue weighted by atomic mass is 32.1. The van der Waals surface area contributed by atoms with Gasteiger partial charge in [-0.3, -0.25) is 0 Å². The lowest BCUT2D eigenvalue weighted by molar-refractivity contribution is 1.07. The zero-order chi connectivity index (χ0) is 45.4. The molecule has 4 heterocycles. The Hall–Kier alpha value is -8.97. The molecule has 5 nitrogen and oxygen atoms in total. The van der Waals surface area contributed by atoms with Crippen molar-refractivity contribution in [2.45, 2.75) is 0 Å². The summed E-state index contributed by atoms with van der Waals surface area (Å²) in [5.41, 5.74) is 14.5. The molecular formula is C63H39N5S. The van der Waals surface area contributed by atoms with Crippen LogP contribution in [0.15, 0.2) is 237 Å². The van der Waals surface area contributed by atoms with Crippen molar-refractivity contribution in [1.82, 2.24) is 24.1 Å². The minimum absolute atomic E-state index is 0.625. The monoisotopic (exact) mass is 897 g/mol. The molecule has 0 bridgehead atoms. The van der Waals surface area contributed by atoms with Crippen molar-refractivity contribution in [3.63, 3.8) is 0 Å². The summed E-state index contributed by atoms with van der Waals surface area (Å²) < 4.78 is 7.49. The topological polar surface area (TPSA) is 48.5 Å². The average Bonchev–Trinajstić information content (AvgIpc) is 4.10. The first-order chi connectivity index (χ1) is 34.2. The van der Waals surface area contributed by atoms with E-state index in [1.165, 1.54) is 80.6 Å². The van der Waals surface area contributed by atoms with Gasteiger partial charge in [0.1, 0.15) is 0 Å². The minimum atomic E-state index is 0.625. The number of hydrogen-bond donors (Lipinski definition) is 0. The van der Waals surface area contributed by atoms with Crippen LogP contribution in [0.1, 0.15) is 0 Å². The molecule has 0 aliphatic heterocycles. The lowest BCUT2D eigenvalue weighted by Gasteiger charge is -2.14. The SMILES string of the molecule is c1ccc(-c2ccc(-c3nc(-c4ccccc4)nc(-c4ccc(-n5c6ccccc6c6ccc7c8ccc9c%10ccccc%10n(-c%10ccccc%10-c%10ccccc%10)c9c8sc7c65)cc4)n3)cc2)cc1. The first-order valence-corrected chi connectivity index (χ1v) is 24.1. The van der Waals surface area contributed by atoms with E-state index in [0.717, 1.165) is 33.5 Å². The number of nitrogens with zero attached hydrogens (tertiary/aromatic N) is 5. The Morgan fingerprint density at radius 1 is 0.275 bits per heavy atom. The van der Waals surface area contributed by atoms with Crippen molar-refractivity contribution < 1.29 is 0 Å². The summed E-state index contributed by atoms with van der Waals surface area (Å²) in [6.45, 7) is 0. The van der Waals surface area contributed by atoms with Crippen molar-refractivity contribution in [3.8, 4) is 67.8 Å². The number of aromatic nitrogens is 5. The van der Waals surface area contributed by atoms with E-state index in [4.69, 9.17) is 15.0 Å². The van der Waals surface area contributed by atoms with E-state index >= 15 is 0 Å². The van der Waals surface area contributed by atoms with Crippen LogP contribution in [0.4, 0.5) is 0 Å². The third kappa shape index (κ3) is 6.34. The number of hydrogen-bond acceptors (Lipinski definition) is 4. The normalized spacial score (nSPS) is 11.8. The maximum absolute atomic E-state index is 5.12. The highest BCUT2D eigenvalue weighted by Gasteiger charge is 2.23. The number of para-hydroxylation sites is 3. The summed E-state index contributed by atoms with van der Waals surface area (Å²) in [7, 11) is 0. The molecule has 0 atom stereocenters. The average molecular weight is 898 g/mol. The molecule has 0 saturated carbocycles. The van der Waals surface area contributed by atoms with Crippen molar-refractivity contribution in [1.29, 1.82) is 0 Å². The third-order valence-electron chi connectivity index (χ3n) is 13.6. The number of fused-ring (bicyclic) bond motifs is 11. The smallest absolute Gasteiger partial charge is 0.164 e. The van der Waals surface area contributed by atoms with Crippen LogP contribution in [0.2, 0.25) is 0 Å². The Morgan fingerprint density at radius 2 is 0.667 bits per heavy atom. The highest BCUT2D eigenvalue weighted by Crippen LogP contribution is 2.48. The summed E-state index contributed by atoms with van der Waals surface area (Å²) in [4.78, 5) is 15.2. The van der Waals surface area contributed by atoms with Gasteiger partial charge in [-0.1, -0.05) is 194 Å². The highest BCUT2D eigenvalue weighted by molar-refractivity contribution is 7.27. The first-order valence-electron chi connectivity index (χ1n) is 23.3. The molecule has 0 radical (unpaired) electrons. The molecule has 14 rings (SSSR count). The molecule has 4 aromatic heterocycles. The van der Waals surface area contributed by atoms with Gasteiger partial charge in [0, 0.05) is 60.3 Å². The molecular weight excluding hydrogens is 859 g/mol. The number of rotatable bonds is 7. The second kappa shape index (κ2) is 15.8. The number of benzene rings is 10. The van der Waals surface area contributed by atoms with Gasteiger partial charge in [0.2, 0.25) is 0 Å². The molecule has 0 spiro atoms. The van der Waals surface area contributed by atoms with E-state index < -0.39 is 0 Å². The van der Waals surface area contributed by atoms with E-state index in [1.807, 2.05) is 35.6 Å². The van der Waals surface area contributed by atoms with Gasteiger partial charge in [0.25, 0.3) is 0 Å². The fourth-order valence-electron chi connectivity index (χ4n) is 10.4. The largest absolute Gasteiger partial charge is 0.308 e. The van der Waals surface area contributed by atoms with Crippen molar-refractivity contribution >= 4 is 75.1 Å². The zero-order valence-electron chi connectivity index (χ0n) is 37.2. The van der Waals surface area contributed by atoms with Crippen molar-refractivity contribution in [3.05, 3.63) is 237 Å². The van der Waals surface area contributed by atoms with Crippen molar-refractivity contribution in [2.24, 2.45) is 0 Å². The van der Waals surface area contributed by atoms with Crippen LogP contribution in [0.25, 0.3) is 132 Å². The van der Waals surface area contributed by atoms with E-state index in [2.05, 4.69) is 221 Å². The fourth-order valence-corrected chi connectivity index (χ4v) is 11.8. The fraction of sp³-hybridized carbons (Fsp3) is 0. The zero-order valence-corrected chi connectivity index (χ0v) is 38.0. The van der Waals surface area contributed by atoms with E-state index in [9.17, 15) is 0 Å². The van der Waals surface area contributed by atoms with Crippen LogP contribution in [0.3, 0.4) is 0 Å². The predicted molar refractivity (Wildman–Crippen MR) is 289 cm³/mol. The quantitative estimate of drug-likeness (QED) is 0.160. The van der Waals surface area contributed by atoms with Crippen LogP contribution in [-0.2, 0) is 0 Å². The van der Waals surface area contributed by atoms with Crippen LogP contribution in [0.5, 0.6) is 0 Å². The minimum Gasteiger partial charge on any atom is -0.308 e. The molecule has 14 aromatic rings. The van der Waals surface area contributed by atoms with E-state index in [0.29, 0.717) is 17.5 Å². The molecule has 69 heavy (non-hydrogen) atoms. The summed E-state index contributed by atoms with van der Waals surface area (Å²) in [6, 6.07) is 84.3. The molecule has 0 aliphatic rings.